The Bertz CT molecular complexity index is 1250. The average Bonchev–Trinajstić information content (AvgIpc) is 2.95. The van der Waals surface area contributed by atoms with Gasteiger partial charge in [0.1, 0.15) is 29.5 Å². The van der Waals surface area contributed by atoms with E-state index >= 15 is 0 Å². The van der Waals surface area contributed by atoms with Gasteiger partial charge in [-0.05, 0) is 48.5 Å². The van der Waals surface area contributed by atoms with Gasteiger partial charge in [-0.25, -0.2) is 0 Å². The third-order valence-electron chi connectivity index (χ3n) is 6.87. The Kier molecular flexibility index (Phi) is 9.27. The molecule has 206 valence electrons. The van der Waals surface area contributed by atoms with Crippen molar-refractivity contribution in [3.63, 3.8) is 0 Å². The fourth-order valence-electron chi connectivity index (χ4n) is 4.88. The fraction of sp³-hybridized carbons (Fsp3) is 0.367. The van der Waals surface area contributed by atoms with Gasteiger partial charge in [0, 0.05) is 48.3 Å². The molecule has 2 heterocycles. The van der Waals surface area contributed by atoms with Gasteiger partial charge in [-0.15, -0.1) is 0 Å². The summed E-state index contributed by atoms with van der Waals surface area (Å²) in [6, 6.07) is 22.5. The molecule has 1 amide bonds. The molecule has 0 N–H and O–H groups in total. The maximum absolute atomic E-state index is 13.3. The molecule has 0 saturated carbocycles. The number of para-hydroxylation sites is 1. The van der Waals surface area contributed by atoms with Crippen molar-refractivity contribution in [2.75, 3.05) is 52.6 Å². The number of benzene rings is 3. The van der Waals surface area contributed by atoms with Gasteiger partial charge in [-0.1, -0.05) is 47.5 Å². The lowest BCUT2D eigenvalue weighted by atomic mass is 9.96. The number of hydrogen-bond donors (Lipinski definition) is 0. The lowest BCUT2D eigenvalue weighted by Crippen LogP contribution is -2.57. The second-order valence-corrected chi connectivity index (χ2v) is 10.7. The first-order valence-electron chi connectivity index (χ1n) is 13.1. The zero-order valence-corrected chi connectivity index (χ0v) is 23.2. The predicted molar refractivity (Wildman–Crippen MR) is 151 cm³/mol. The highest BCUT2D eigenvalue weighted by Crippen LogP contribution is 2.31. The van der Waals surface area contributed by atoms with Gasteiger partial charge in [-0.2, -0.15) is 0 Å². The van der Waals surface area contributed by atoms with Gasteiger partial charge in [0.25, 0.3) is 0 Å². The Morgan fingerprint density at radius 3 is 2.46 bits per heavy atom. The van der Waals surface area contributed by atoms with Crippen LogP contribution in [0.15, 0.2) is 72.8 Å². The van der Waals surface area contributed by atoms with Crippen molar-refractivity contribution < 1.29 is 23.7 Å². The number of nitrogens with zero attached hydrogens (tertiary/aromatic N) is 2. The summed E-state index contributed by atoms with van der Waals surface area (Å²) in [5.74, 6) is 2.17. The van der Waals surface area contributed by atoms with Crippen LogP contribution in [0, 0.1) is 0 Å². The van der Waals surface area contributed by atoms with Gasteiger partial charge < -0.3 is 23.8 Å². The first-order valence-corrected chi connectivity index (χ1v) is 13.9. The summed E-state index contributed by atoms with van der Waals surface area (Å²) in [5, 5.41) is 1.26. The molecule has 0 aromatic heterocycles. The summed E-state index contributed by atoms with van der Waals surface area (Å²) in [6.07, 6.45) is 0.220. The molecule has 3 aromatic rings. The van der Waals surface area contributed by atoms with E-state index in [4.69, 9.17) is 42.1 Å². The molecular formula is C30H32Cl2N2O5. The molecule has 39 heavy (non-hydrogen) atoms. The molecule has 9 heteroatoms. The van der Waals surface area contributed by atoms with E-state index < -0.39 is 5.60 Å². The standard InChI is InChI=1S/C30H32Cl2N2O5/c31-24-8-10-26(11-9-24)37-22-30(19-29(35)34-13-15-36-16-14-34)21-33(12-17-38-30)20-23-4-1-2-7-28(23)39-27-6-3-5-25(32)18-27/h1-11,18H,12-17,19-22H2. The van der Waals surface area contributed by atoms with Crippen LogP contribution in [0.2, 0.25) is 10.0 Å². The van der Waals surface area contributed by atoms with Gasteiger partial charge in [0.2, 0.25) is 5.91 Å². The van der Waals surface area contributed by atoms with Gasteiger partial charge >= 0.3 is 0 Å². The molecule has 2 aliphatic rings. The van der Waals surface area contributed by atoms with Crippen LogP contribution in [0.1, 0.15) is 12.0 Å². The first-order chi connectivity index (χ1) is 19.0. The highest BCUT2D eigenvalue weighted by Gasteiger charge is 2.41. The van der Waals surface area contributed by atoms with E-state index in [2.05, 4.69) is 11.0 Å². The normalized spacial score (nSPS) is 20.0. The van der Waals surface area contributed by atoms with Gasteiger partial charge in [0.15, 0.2) is 0 Å². The van der Waals surface area contributed by atoms with E-state index in [-0.39, 0.29) is 18.9 Å². The topological polar surface area (TPSA) is 60.5 Å². The van der Waals surface area contributed by atoms with Crippen LogP contribution in [0.5, 0.6) is 17.2 Å². The summed E-state index contributed by atoms with van der Waals surface area (Å²) in [5.41, 5.74) is 0.224. The van der Waals surface area contributed by atoms with Crippen molar-refractivity contribution in [1.82, 2.24) is 9.80 Å². The zero-order chi connectivity index (χ0) is 27.1. The number of rotatable bonds is 9. The quantitative estimate of drug-likeness (QED) is 0.329. The zero-order valence-electron chi connectivity index (χ0n) is 21.7. The van der Waals surface area contributed by atoms with Crippen molar-refractivity contribution in [2.24, 2.45) is 0 Å². The monoisotopic (exact) mass is 570 g/mol. The average molecular weight is 572 g/mol. The number of amides is 1. The van der Waals surface area contributed by atoms with Crippen LogP contribution >= 0.6 is 23.2 Å². The third-order valence-corrected chi connectivity index (χ3v) is 7.36. The van der Waals surface area contributed by atoms with Gasteiger partial charge in [-0.3, -0.25) is 9.69 Å². The third kappa shape index (κ3) is 7.65. The molecule has 0 spiro atoms. The van der Waals surface area contributed by atoms with Crippen molar-refractivity contribution in [2.45, 2.75) is 18.6 Å². The van der Waals surface area contributed by atoms with Crippen LogP contribution in [-0.2, 0) is 20.8 Å². The van der Waals surface area contributed by atoms with Gasteiger partial charge in [0.05, 0.1) is 26.2 Å². The van der Waals surface area contributed by atoms with Crippen molar-refractivity contribution >= 4 is 29.1 Å². The number of halogens is 2. The Hall–Kier alpha value is -2.81. The summed E-state index contributed by atoms with van der Waals surface area (Å²) in [4.78, 5) is 17.5. The molecule has 7 nitrogen and oxygen atoms in total. The van der Waals surface area contributed by atoms with Crippen LogP contribution in [0.3, 0.4) is 0 Å². The van der Waals surface area contributed by atoms with Crippen molar-refractivity contribution in [3.8, 4) is 17.2 Å². The highest BCUT2D eigenvalue weighted by atomic mass is 35.5. The molecular weight excluding hydrogens is 539 g/mol. The Morgan fingerprint density at radius 2 is 1.67 bits per heavy atom. The first kappa shape index (κ1) is 27.7. The summed E-state index contributed by atoms with van der Waals surface area (Å²) < 4.78 is 24.2. The summed E-state index contributed by atoms with van der Waals surface area (Å²) in [6.45, 7) is 4.89. The highest BCUT2D eigenvalue weighted by molar-refractivity contribution is 6.30. The number of carbonyl (C=O) groups excluding carboxylic acids is 1. The fourth-order valence-corrected chi connectivity index (χ4v) is 5.19. The number of morpholine rings is 2. The maximum Gasteiger partial charge on any atom is 0.225 e. The van der Waals surface area contributed by atoms with E-state index in [1.807, 2.05) is 53.4 Å². The second-order valence-electron chi connectivity index (χ2n) is 9.82. The van der Waals surface area contributed by atoms with E-state index in [1.165, 1.54) is 0 Å². The Morgan fingerprint density at radius 1 is 0.872 bits per heavy atom. The second kappa shape index (κ2) is 13.0. The van der Waals surface area contributed by atoms with Crippen LogP contribution < -0.4 is 9.47 Å². The number of hydrogen-bond acceptors (Lipinski definition) is 6. The van der Waals surface area contributed by atoms with E-state index in [9.17, 15) is 4.79 Å². The van der Waals surface area contributed by atoms with Crippen LogP contribution in [0.4, 0.5) is 0 Å². The van der Waals surface area contributed by atoms with Crippen LogP contribution in [0.25, 0.3) is 0 Å². The molecule has 3 aromatic carbocycles. The van der Waals surface area contributed by atoms with Crippen molar-refractivity contribution in [1.29, 1.82) is 0 Å². The SMILES string of the molecule is O=C(CC1(COc2ccc(Cl)cc2)CN(Cc2ccccc2Oc2cccc(Cl)c2)CCO1)N1CCOCC1. The molecule has 1 unspecified atom stereocenters. The minimum atomic E-state index is -0.809. The molecule has 0 aliphatic carbocycles. The molecule has 1 atom stereocenters. The smallest absolute Gasteiger partial charge is 0.225 e. The van der Waals surface area contributed by atoms with E-state index in [0.29, 0.717) is 67.5 Å². The molecule has 0 bridgehead atoms. The molecule has 0 radical (unpaired) electrons. The molecule has 2 aliphatic heterocycles. The molecule has 2 fully saturated rings. The van der Waals surface area contributed by atoms with E-state index in [1.54, 1.807) is 18.2 Å². The van der Waals surface area contributed by atoms with Crippen LogP contribution in [-0.4, -0.2) is 73.9 Å². The van der Waals surface area contributed by atoms with Crippen molar-refractivity contribution in [3.05, 3.63) is 88.4 Å². The minimum Gasteiger partial charge on any atom is -0.491 e. The molecule has 2 saturated heterocycles. The lowest BCUT2D eigenvalue weighted by molar-refractivity contribution is -0.159. The Labute approximate surface area is 239 Å². The lowest BCUT2D eigenvalue weighted by Gasteiger charge is -2.43. The largest absolute Gasteiger partial charge is 0.491 e. The molecule has 5 rings (SSSR count). The number of ether oxygens (including phenoxy) is 4. The summed E-state index contributed by atoms with van der Waals surface area (Å²) in [7, 11) is 0. The number of carbonyl (C=O) groups is 1. The Balaban J connectivity index is 1.32. The summed E-state index contributed by atoms with van der Waals surface area (Å²) >= 11 is 12.2. The minimum absolute atomic E-state index is 0.0459. The predicted octanol–water partition coefficient (Wildman–Crippen LogP) is 5.68. The van der Waals surface area contributed by atoms with E-state index in [0.717, 1.165) is 17.9 Å². The maximum atomic E-state index is 13.3.